The topological polar surface area (TPSA) is 178 Å². The number of primary amides is 1. The van der Waals surface area contributed by atoms with E-state index in [-0.39, 0.29) is 17.4 Å². The van der Waals surface area contributed by atoms with Crippen LogP contribution in [0.3, 0.4) is 0 Å². The lowest BCUT2D eigenvalue weighted by atomic mass is 9.49. The number of carboxylic acid groups (broad SMARTS) is 2. The number of nitrogens with zero attached hydrogens (tertiary/aromatic N) is 1. The summed E-state index contributed by atoms with van der Waals surface area (Å²) in [5, 5.41) is 44.4. The molecule has 2 unspecified atom stereocenters. The molecule has 1 aromatic rings. The molecule has 2 aliphatic carbocycles. The third kappa shape index (κ3) is 4.12. The molecule has 1 aliphatic heterocycles. The number of carbonyl (C=O) groups is 3. The zero-order valence-corrected chi connectivity index (χ0v) is 18.9. The van der Waals surface area contributed by atoms with Gasteiger partial charge in [0.25, 0.3) is 0 Å². The monoisotopic (exact) mass is 465 g/mol. The van der Waals surface area contributed by atoms with Crippen LogP contribution in [0.5, 0.6) is 0 Å². The number of amides is 1. The zero-order chi connectivity index (χ0) is 24.8. The van der Waals surface area contributed by atoms with Crippen molar-refractivity contribution in [2.45, 2.75) is 67.8 Å². The van der Waals surface area contributed by atoms with Gasteiger partial charge in [0.15, 0.2) is 12.2 Å². The number of aliphatic carboxylic acids is 2. The molecule has 0 radical (unpaired) electrons. The standard InChI is InChI=1S/C19H26N2O2.C4H6O6/c1-21(2)10-9-18-7-3-4-8-19(18,23)16(21)12-13-5-6-14(17(20)22)11-15(13)18;5-1(3(7)8)2(6)4(9)10/h5-6,11,16,23H,3-4,7-10,12H2,1-2H3,(H-,20,22);1-2,5-6H,(H,7,8)(H,9,10)/p+1/t16-,18+,19-;/m1./s1. The lowest BCUT2D eigenvalue weighted by Crippen LogP contribution is -2.76. The van der Waals surface area contributed by atoms with Gasteiger partial charge in [-0.25, -0.2) is 9.59 Å². The highest BCUT2D eigenvalue weighted by atomic mass is 16.4. The van der Waals surface area contributed by atoms with Crippen molar-refractivity contribution in [1.29, 1.82) is 0 Å². The number of hydrogen-bond acceptors (Lipinski definition) is 6. The summed E-state index contributed by atoms with van der Waals surface area (Å²) in [5.41, 5.74) is 7.74. The number of benzene rings is 1. The Labute approximate surface area is 191 Å². The van der Waals surface area contributed by atoms with E-state index in [1.807, 2.05) is 12.1 Å². The van der Waals surface area contributed by atoms with Gasteiger partial charge in [-0.2, -0.15) is 0 Å². The van der Waals surface area contributed by atoms with Crippen LogP contribution in [-0.2, 0) is 21.4 Å². The maximum atomic E-state index is 11.8. The number of aliphatic hydroxyl groups is 3. The van der Waals surface area contributed by atoms with E-state index in [4.69, 9.17) is 26.2 Å². The largest absolute Gasteiger partial charge is 0.479 e. The molecule has 5 atom stereocenters. The Morgan fingerprint density at radius 2 is 1.61 bits per heavy atom. The fourth-order valence-electron chi connectivity index (χ4n) is 6.07. The van der Waals surface area contributed by atoms with E-state index in [9.17, 15) is 19.5 Å². The highest BCUT2D eigenvalue weighted by Gasteiger charge is 2.67. The van der Waals surface area contributed by atoms with E-state index in [0.717, 1.165) is 49.6 Å². The summed E-state index contributed by atoms with van der Waals surface area (Å²) in [6.07, 6.45) is 1.49. The van der Waals surface area contributed by atoms with Gasteiger partial charge in [-0.15, -0.1) is 0 Å². The van der Waals surface area contributed by atoms with Crippen molar-refractivity contribution in [3.05, 3.63) is 34.9 Å². The van der Waals surface area contributed by atoms with E-state index in [1.165, 1.54) is 11.1 Å². The van der Waals surface area contributed by atoms with E-state index >= 15 is 0 Å². The maximum Gasteiger partial charge on any atom is 0.335 e. The van der Waals surface area contributed by atoms with Gasteiger partial charge in [-0.1, -0.05) is 18.9 Å². The molecule has 1 aromatic carbocycles. The van der Waals surface area contributed by atoms with Gasteiger partial charge in [0.2, 0.25) is 5.91 Å². The SMILES string of the molecule is C[N+]1(C)CC[C@]23CCCC[C@@]2(O)[C@H]1Cc1ccc(C(N)=O)cc13.O=C(O)C(O)C(O)C(=O)O. The van der Waals surface area contributed by atoms with Crippen LogP contribution in [0.15, 0.2) is 18.2 Å². The summed E-state index contributed by atoms with van der Waals surface area (Å²) >= 11 is 0. The molecule has 7 N–H and O–H groups in total. The van der Waals surface area contributed by atoms with Crippen molar-refractivity contribution >= 4 is 17.8 Å². The van der Waals surface area contributed by atoms with Gasteiger partial charge >= 0.3 is 11.9 Å². The van der Waals surface area contributed by atoms with Gasteiger partial charge in [0, 0.05) is 23.8 Å². The molecule has 1 heterocycles. The molecule has 10 nitrogen and oxygen atoms in total. The highest BCUT2D eigenvalue weighted by molar-refractivity contribution is 5.93. The smallest absolute Gasteiger partial charge is 0.335 e. The lowest BCUT2D eigenvalue weighted by Gasteiger charge is -2.64. The summed E-state index contributed by atoms with van der Waals surface area (Å²) in [6, 6.07) is 6.14. The first-order valence-electron chi connectivity index (χ1n) is 11.1. The molecule has 1 saturated carbocycles. The predicted molar refractivity (Wildman–Crippen MR) is 116 cm³/mol. The number of quaternary nitrogens is 1. The minimum atomic E-state index is -2.27. The van der Waals surface area contributed by atoms with Crippen molar-refractivity contribution in [2.24, 2.45) is 5.73 Å². The van der Waals surface area contributed by atoms with E-state index < -0.39 is 29.7 Å². The van der Waals surface area contributed by atoms with E-state index in [2.05, 4.69) is 20.2 Å². The molecule has 0 aromatic heterocycles. The van der Waals surface area contributed by atoms with Gasteiger partial charge in [0.05, 0.1) is 20.6 Å². The molecule has 2 bridgehead atoms. The summed E-state index contributed by atoms with van der Waals surface area (Å²) in [4.78, 5) is 31.2. The third-order valence-corrected chi connectivity index (χ3v) is 7.88. The average Bonchev–Trinajstić information content (AvgIpc) is 2.75. The fraction of sp³-hybridized carbons (Fsp3) is 0.609. The number of carboxylic acids is 2. The zero-order valence-electron chi connectivity index (χ0n) is 18.9. The Balaban J connectivity index is 0.000000262. The maximum absolute atomic E-state index is 11.8. The van der Waals surface area contributed by atoms with Gasteiger partial charge in [-0.05, 0) is 36.1 Å². The highest BCUT2D eigenvalue weighted by Crippen LogP contribution is 2.59. The molecular weight excluding hydrogens is 432 g/mol. The van der Waals surface area contributed by atoms with Crippen LogP contribution >= 0.6 is 0 Å². The second kappa shape index (κ2) is 8.68. The molecule has 3 aliphatic rings. The van der Waals surface area contributed by atoms with Crippen molar-refractivity contribution in [1.82, 2.24) is 0 Å². The average molecular weight is 466 g/mol. The number of fused-ring (bicyclic) bond motifs is 1. The Bertz CT molecular complexity index is 946. The Kier molecular flexibility index (Phi) is 6.60. The minimum Gasteiger partial charge on any atom is -0.479 e. The number of nitrogens with two attached hydrogens (primary N) is 1. The number of rotatable bonds is 4. The van der Waals surface area contributed by atoms with Crippen molar-refractivity contribution in [3.8, 4) is 0 Å². The first kappa shape index (κ1) is 25.1. The summed E-state index contributed by atoms with van der Waals surface area (Å²) in [6.45, 7) is 1.08. The molecule has 0 spiro atoms. The number of likely N-dealkylation sites (tertiary alicyclic amines) is 1. The normalized spacial score (nSPS) is 31.0. The summed E-state index contributed by atoms with van der Waals surface area (Å²) < 4.78 is 0.884. The third-order valence-electron chi connectivity index (χ3n) is 7.88. The minimum absolute atomic E-state index is 0.192. The number of aliphatic hydroxyl groups excluding tert-OH is 2. The van der Waals surface area contributed by atoms with E-state index in [1.54, 1.807) is 0 Å². The molecular formula is C23H33N2O8+. The van der Waals surface area contributed by atoms with Crippen molar-refractivity contribution < 1.29 is 44.4 Å². The van der Waals surface area contributed by atoms with Gasteiger partial charge in [0.1, 0.15) is 11.6 Å². The van der Waals surface area contributed by atoms with Crippen LogP contribution in [0, 0.1) is 0 Å². The lowest BCUT2D eigenvalue weighted by molar-refractivity contribution is -0.931. The number of likely N-dealkylation sites (N-methyl/N-ethyl adjacent to an activating group) is 1. The molecule has 2 fully saturated rings. The molecule has 182 valence electrons. The Morgan fingerprint density at radius 1 is 1.03 bits per heavy atom. The second-order valence-corrected chi connectivity index (χ2v) is 9.99. The first-order valence-corrected chi connectivity index (χ1v) is 11.1. The Hall–Kier alpha value is -2.53. The summed E-state index contributed by atoms with van der Waals surface area (Å²) in [5.74, 6) is -3.91. The molecule has 10 heteroatoms. The number of hydrogen-bond donors (Lipinski definition) is 6. The van der Waals surface area contributed by atoms with Crippen molar-refractivity contribution in [2.75, 3.05) is 20.6 Å². The van der Waals surface area contributed by atoms with Crippen LogP contribution in [-0.4, -0.2) is 92.4 Å². The molecule has 1 saturated heterocycles. The molecule has 1 amide bonds. The predicted octanol–water partition coefficient (Wildman–Crippen LogP) is -0.389. The van der Waals surface area contributed by atoms with Gasteiger partial charge in [-0.3, -0.25) is 4.79 Å². The molecule has 33 heavy (non-hydrogen) atoms. The van der Waals surface area contributed by atoms with Crippen LogP contribution in [0.25, 0.3) is 0 Å². The first-order chi connectivity index (χ1) is 15.3. The quantitative estimate of drug-likeness (QED) is 0.325. The Morgan fingerprint density at radius 3 is 2.15 bits per heavy atom. The van der Waals surface area contributed by atoms with Crippen LogP contribution in [0.1, 0.15) is 53.6 Å². The fourth-order valence-corrected chi connectivity index (χ4v) is 6.07. The molecule has 4 rings (SSSR count). The van der Waals surface area contributed by atoms with Crippen LogP contribution in [0.4, 0.5) is 0 Å². The van der Waals surface area contributed by atoms with E-state index in [0.29, 0.717) is 5.56 Å². The number of carbonyl (C=O) groups excluding carboxylic acids is 1. The second-order valence-electron chi connectivity index (χ2n) is 9.99. The van der Waals surface area contributed by atoms with Crippen molar-refractivity contribution in [3.63, 3.8) is 0 Å². The van der Waals surface area contributed by atoms with Crippen LogP contribution in [0.2, 0.25) is 0 Å². The van der Waals surface area contributed by atoms with Crippen LogP contribution < -0.4 is 5.73 Å². The number of piperidine rings is 1. The van der Waals surface area contributed by atoms with Gasteiger partial charge < -0.3 is 35.7 Å². The summed E-state index contributed by atoms with van der Waals surface area (Å²) in [7, 11) is 4.51.